The van der Waals surface area contributed by atoms with Crippen LogP contribution < -0.4 is 0 Å². The Kier molecular flexibility index (Phi) is 3.18. The topological polar surface area (TPSA) is 39.2 Å². The lowest BCUT2D eigenvalue weighted by molar-refractivity contribution is -0.128. The number of carbonyl (C=O) groups is 1. The molecule has 0 N–H and O–H groups in total. The molecule has 1 atom stereocenters. The van der Waals surface area contributed by atoms with E-state index in [2.05, 4.69) is 9.72 Å². The molecule has 0 saturated heterocycles. The Balaban J connectivity index is 2.23. The summed E-state index contributed by atoms with van der Waals surface area (Å²) in [7, 11) is 0. The maximum Gasteiger partial charge on any atom is 0.293 e. The molecule has 2 aromatic rings. The molecule has 0 bridgehead atoms. The zero-order valence-electron chi connectivity index (χ0n) is 7.72. The number of rotatable bonds is 4. The molecule has 15 heavy (non-hydrogen) atoms. The largest absolute Gasteiger partial charge is 0.466 e. The minimum atomic E-state index is -0.304. The van der Waals surface area contributed by atoms with Crippen molar-refractivity contribution in [1.29, 1.82) is 0 Å². The molecule has 5 heteroatoms. The van der Waals surface area contributed by atoms with Crippen LogP contribution in [0.1, 0.15) is 10.9 Å². The van der Waals surface area contributed by atoms with Gasteiger partial charge in [-0.15, -0.1) is 22.9 Å². The molecule has 0 aliphatic heterocycles. The summed E-state index contributed by atoms with van der Waals surface area (Å²) < 4.78 is 5.71. The summed E-state index contributed by atoms with van der Waals surface area (Å²) >= 11 is 7.62. The van der Waals surface area contributed by atoms with Gasteiger partial charge in [0.05, 0.1) is 21.1 Å². The van der Waals surface area contributed by atoms with Crippen LogP contribution in [0.5, 0.6) is 0 Å². The van der Waals surface area contributed by atoms with E-state index in [1.807, 2.05) is 18.2 Å². The smallest absolute Gasteiger partial charge is 0.293 e. The molecule has 1 heterocycles. The van der Waals surface area contributed by atoms with Crippen LogP contribution in [-0.4, -0.2) is 18.1 Å². The third-order valence-corrected chi connectivity index (χ3v) is 3.20. The molecule has 0 saturated carbocycles. The fraction of sp³-hybridized carbons (Fsp3) is 0.200. The first-order valence-corrected chi connectivity index (χ1v) is 5.65. The number of hydrogen-bond donors (Lipinski definition) is 0. The molecule has 1 aromatic carbocycles. The number of nitrogens with zero attached hydrogens (tertiary/aromatic N) is 1. The number of benzene rings is 1. The summed E-state index contributed by atoms with van der Waals surface area (Å²) in [6, 6.07) is 5.78. The van der Waals surface area contributed by atoms with E-state index < -0.39 is 0 Å². The molecular weight excluding hydrogens is 234 g/mol. The maximum absolute atomic E-state index is 10.0. The maximum atomic E-state index is 10.0. The van der Waals surface area contributed by atoms with E-state index in [0.717, 1.165) is 15.8 Å². The second-order valence-corrected chi connectivity index (χ2v) is 4.39. The Bertz CT molecular complexity index is 471. The van der Waals surface area contributed by atoms with Gasteiger partial charge in [0, 0.05) is 0 Å². The quantitative estimate of drug-likeness (QED) is 0.610. The number of aromatic nitrogens is 1. The van der Waals surface area contributed by atoms with Crippen LogP contribution in [0.2, 0.25) is 0 Å². The molecular formula is C10H8ClNO2S. The molecule has 78 valence electrons. The summed E-state index contributed by atoms with van der Waals surface area (Å²) in [4.78, 5) is 14.2. The average Bonchev–Trinajstić information content (AvgIpc) is 2.72. The molecule has 1 unspecified atom stereocenters. The van der Waals surface area contributed by atoms with Crippen LogP contribution in [0, 0.1) is 0 Å². The van der Waals surface area contributed by atoms with E-state index >= 15 is 0 Å². The third-order valence-electron chi connectivity index (χ3n) is 2.03. The van der Waals surface area contributed by atoms with Gasteiger partial charge < -0.3 is 4.74 Å². The monoisotopic (exact) mass is 241 g/mol. The van der Waals surface area contributed by atoms with E-state index in [0.29, 0.717) is 6.47 Å². The Morgan fingerprint density at radius 2 is 2.47 bits per heavy atom. The normalized spacial score (nSPS) is 12.6. The van der Waals surface area contributed by atoms with Gasteiger partial charge in [-0.2, -0.15) is 0 Å². The number of thiazole rings is 1. The van der Waals surface area contributed by atoms with Gasteiger partial charge >= 0.3 is 0 Å². The highest BCUT2D eigenvalue weighted by Crippen LogP contribution is 2.26. The zero-order chi connectivity index (χ0) is 10.7. The van der Waals surface area contributed by atoms with Crippen molar-refractivity contribution in [2.75, 3.05) is 6.61 Å². The van der Waals surface area contributed by atoms with Gasteiger partial charge in [0.25, 0.3) is 6.47 Å². The lowest BCUT2D eigenvalue weighted by Gasteiger charge is -2.07. The van der Waals surface area contributed by atoms with Gasteiger partial charge in [-0.05, 0) is 17.7 Å². The standard InChI is InChI=1S/C10H8ClNO2S/c11-8(4-14-6-13)7-1-2-9-10(3-7)15-5-12-9/h1-3,5-6,8H,4H2. The first-order chi connectivity index (χ1) is 7.31. The lowest BCUT2D eigenvalue weighted by atomic mass is 10.1. The second-order valence-electron chi connectivity index (χ2n) is 2.98. The second kappa shape index (κ2) is 4.59. The molecule has 2 rings (SSSR count). The molecule has 3 nitrogen and oxygen atoms in total. The Morgan fingerprint density at radius 3 is 3.27 bits per heavy atom. The lowest BCUT2D eigenvalue weighted by Crippen LogP contribution is -2.00. The predicted octanol–water partition coefficient (Wildman–Crippen LogP) is 2.75. The molecule has 0 fully saturated rings. The number of ether oxygens (including phenoxy) is 1. The summed E-state index contributed by atoms with van der Waals surface area (Å²) in [6.07, 6.45) is 0. The van der Waals surface area contributed by atoms with Gasteiger partial charge in [-0.25, -0.2) is 4.98 Å². The van der Waals surface area contributed by atoms with Gasteiger partial charge in [0.2, 0.25) is 0 Å². The van der Waals surface area contributed by atoms with Crippen molar-refractivity contribution in [2.45, 2.75) is 5.38 Å². The molecule has 0 amide bonds. The van der Waals surface area contributed by atoms with Crippen LogP contribution in [-0.2, 0) is 9.53 Å². The van der Waals surface area contributed by atoms with Crippen LogP contribution in [0.15, 0.2) is 23.7 Å². The first-order valence-electron chi connectivity index (χ1n) is 4.33. The van der Waals surface area contributed by atoms with Crippen LogP contribution >= 0.6 is 22.9 Å². The van der Waals surface area contributed by atoms with Crippen LogP contribution in [0.3, 0.4) is 0 Å². The number of fused-ring (bicyclic) bond motifs is 1. The van der Waals surface area contributed by atoms with Crippen LogP contribution in [0.4, 0.5) is 0 Å². The molecule has 0 aliphatic rings. The summed E-state index contributed by atoms with van der Waals surface area (Å²) in [5, 5.41) is -0.304. The fourth-order valence-electron chi connectivity index (χ4n) is 1.29. The zero-order valence-corrected chi connectivity index (χ0v) is 9.29. The van der Waals surface area contributed by atoms with E-state index in [-0.39, 0.29) is 12.0 Å². The third kappa shape index (κ3) is 2.27. The summed E-state index contributed by atoms with van der Waals surface area (Å²) in [6.45, 7) is 0.593. The molecule has 1 aromatic heterocycles. The van der Waals surface area contributed by atoms with Crippen LogP contribution in [0.25, 0.3) is 10.2 Å². The van der Waals surface area contributed by atoms with Gasteiger partial charge in [0.1, 0.15) is 6.61 Å². The van der Waals surface area contributed by atoms with Crippen molar-refractivity contribution < 1.29 is 9.53 Å². The summed E-state index contributed by atoms with van der Waals surface area (Å²) in [5.74, 6) is 0. The van der Waals surface area contributed by atoms with Gasteiger partial charge in [-0.1, -0.05) is 6.07 Å². The van der Waals surface area contributed by atoms with Crippen molar-refractivity contribution in [2.24, 2.45) is 0 Å². The first kappa shape index (κ1) is 10.4. The number of hydrogen-bond acceptors (Lipinski definition) is 4. The van der Waals surface area contributed by atoms with Crippen molar-refractivity contribution in [3.05, 3.63) is 29.3 Å². The minimum absolute atomic E-state index is 0.190. The Labute approximate surface area is 95.6 Å². The van der Waals surface area contributed by atoms with Crippen molar-refractivity contribution in [1.82, 2.24) is 4.98 Å². The highest BCUT2D eigenvalue weighted by molar-refractivity contribution is 7.16. The van der Waals surface area contributed by atoms with Gasteiger partial charge in [-0.3, -0.25) is 4.79 Å². The van der Waals surface area contributed by atoms with Crippen molar-refractivity contribution in [3.8, 4) is 0 Å². The molecule has 0 radical (unpaired) electrons. The Morgan fingerprint density at radius 1 is 1.60 bits per heavy atom. The average molecular weight is 242 g/mol. The summed E-state index contributed by atoms with van der Waals surface area (Å²) in [5.41, 5.74) is 3.69. The van der Waals surface area contributed by atoms with E-state index in [1.165, 1.54) is 0 Å². The minimum Gasteiger partial charge on any atom is -0.466 e. The predicted molar refractivity (Wildman–Crippen MR) is 60.2 cm³/mol. The highest BCUT2D eigenvalue weighted by Gasteiger charge is 2.09. The highest BCUT2D eigenvalue weighted by atomic mass is 35.5. The van der Waals surface area contributed by atoms with Crippen molar-refractivity contribution in [3.63, 3.8) is 0 Å². The fourth-order valence-corrected chi connectivity index (χ4v) is 2.22. The van der Waals surface area contributed by atoms with Crippen molar-refractivity contribution >= 4 is 39.6 Å². The number of alkyl halides is 1. The molecule has 0 aliphatic carbocycles. The molecule has 0 spiro atoms. The number of halogens is 1. The SMILES string of the molecule is O=COCC(Cl)c1ccc2ncsc2c1. The van der Waals surface area contributed by atoms with Gasteiger partial charge in [0.15, 0.2) is 0 Å². The number of carbonyl (C=O) groups excluding carboxylic acids is 1. The van der Waals surface area contributed by atoms with E-state index in [4.69, 9.17) is 11.6 Å². The van der Waals surface area contributed by atoms with E-state index in [1.54, 1.807) is 16.8 Å². The van der Waals surface area contributed by atoms with E-state index in [9.17, 15) is 4.79 Å². The Hall–Kier alpha value is -1.13.